The molecule has 1 heterocycles. The summed E-state index contributed by atoms with van der Waals surface area (Å²) in [6, 6.07) is 6.59. The van der Waals surface area contributed by atoms with E-state index in [4.69, 9.17) is 5.73 Å². The largest absolute Gasteiger partial charge is 0.337 e. The van der Waals surface area contributed by atoms with Crippen molar-refractivity contribution in [1.82, 2.24) is 9.55 Å². The monoisotopic (exact) mass is 233 g/mol. The number of nitrogens with two attached hydrogens (primary N) is 1. The van der Waals surface area contributed by atoms with Gasteiger partial charge in [0.2, 0.25) is 0 Å². The zero-order valence-corrected chi connectivity index (χ0v) is 9.86. The van der Waals surface area contributed by atoms with Crippen LogP contribution in [0.3, 0.4) is 0 Å². The molecule has 1 aromatic carbocycles. The van der Waals surface area contributed by atoms with E-state index in [0.29, 0.717) is 6.54 Å². The van der Waals surface area contributed by atoms with Gasteiger partial charge >= 0.3 is 0 Å². The lowest BCUT2D eigenvalue weighted by Crippen LogP contribution is -2.03. The lowest BCUT2D eigenvalue weighted by molar-refractivity contribution is 0.627. The number of imidazole rings is 1. The van der Waals surface area contributed by atoms with Gasteiger partial charge in [0.1, 0.15) is 11.6 Å². The Morgan fingerprint density at radius 2 is 1.94 bits per heavy atom. The molecule has 1 aromatic heterocycles. The van der Waals surface area contributed by atoms with Crippen LogP contribution in [0.1, 0.15) is 17.1 Å². The molecule has 90 valence electrons. The van der Waals surface area contributed by atoms with Crippen molar-refractivity contribution in [2.45, 2.75) is 19.4 Å². The third-order valence-electron chi connectivity index (χ3n) is 2.79. The van der Waals surface area contributed by atoms with Crippen molar-refractivity contribution in [1.29, 1.82) is 0 Å². The number of hydrogen-bond acceptors (Lipinski definition) is 2. The summed E-state index contributed by atoms with van der Waals surface area (Å²) in [6.45, 7) is 0.451. The van der Waals surface area contributed by atoms with Crippen LogP contribution >= 0.6 is 0 Å². The molecule has 2 aromatic rings. The third-order valence-corrected chi connectivity index (χ3v) is 2.79. The van der Waals surface area contributed by atoms with Crippen LogP contribution in [-0.2, 0) is 26.4 Å². The minimum atomic E-state index is -0.197. The Labute approximate surface area is 100 Å². The van der Waals surface area contributed by atoms with Crippen molar-refractivity contribution in [3.63, 3.8) is 0 Å². The zero-order chi connectivity index (χ0) is 12.3. The predicted octanol–water partition coefficient (Wildman–Crippen LogP) is 1.80. The Morgan fingerprint density at radius 1 is 1.24 bits per heavy atom. The first-order valence-corrected chi connectivity index (χ1v) is 5.64. The van der Waals surface area contributed by atoms with Crippen LogP contribution in [0.4, 0.5) is 4.39 Å². The maximum atomic E-state index is 12.7. The van der Waals surface area contributed by atoms with Crippen LogP contribution in [0.15, 0.2) is 30.5 Å². The number of hydrogen-bond donors (Lipinski definition) is 1. The van der Waals surface area contributed by atoms with Gasteiger partial charge in [0.25, 0.3) is 0 Å². The maximum absolute atomic E-state index is 12.7. The van der Waals surface area contributed by atoms with Crippen molar-refractivity contribution >= 4 is 0 Å². The van der Waals surface area contributed by atoms with Gasteiger partial charge in [-0.15, -0.1) is 0 Å². The second-order valence-corrected chi connectivity index (χ2v) is 4.09. The molecule has 0 unspecified atom stereocenters. The van der Waals surface area contributed by atoms with E-state index in [1.807, 2.05) is 29.9 Å². The van der Waals surface area contributed by atoms with Gasteiger partial charge in [-0.25, -0.2) is 9.37 Å². The molecular formula is C13H16FN3. The molecule has 17 heavy (non-hydrogen) atoms. The lowest BCUT2D eigenvalue weighted by atomic mass is 10.1. The van der Waals surface area contributed by atoms with E-state index in [2.05, 4.69) is 4.98 Å². The highest BCUT2D eigenvalue weighted by molar-refractivity contribution is 5.17. The van der Waals surface area contributed by atoms with E-state index in [-0.39, 0.29) is 5.82 Å². The summed E-state index contributed by atoms with van der Waals surface area (Å²) >= 11 is 0. The van der Waals surface area contributed by atoms with Crippen molar-refractivity contribution < 1.29 is 4.39 Å². The van der Waals surface area contributed by atoms with Crippen LogP contribution in [0.25, 0.3) is 0 Å². The standard InChI is InChI=1S/C13H16FN3/c1-17-9-12(16-13(17)8-15)7-4-10-2-5-11(14)6-3-10/h2-3,5-6,9H,4,7-8,15H2,1H3. The lowest BCUT2D eigenvalue weighted by Gasteiger charge is -1.98. The SMILES string of the molecule is Cn1cc(CCc2ccc(F)cc2)nc1CN. The van der Waals surface area contributed by atoms with Crippen LogP contribution in [0.5, 0.6) is 0 Å². The molecule has 0 atom stereocenters. The summed E-state index contributed by atoms with van der Waals surface area (Å²) in [5.74, 6) is 0.691. The number of benzene rings is 1. The van der Waals surface area contributed by atoms with Gasteiger partial charge in [-0.05, 0) is 30.5 Å². The van der Waals surface area contributed by atoms with E-state index < -0.39 is 0 Å². The van der Waals surface area contributed by atoms with Gasteiger partial charge in [0.15, 0.2) is 0 Å². The predicted molar refractivity (Wildman–Crippen MR) is 64.9 cm³/mol. The number of nitrogens with zero attached hydrogens (tertiary/aromatic N) is 2. The Hall–Kier alpha value is -1.68. The topological polar surface area (TPSA) is 43.8 Å². The molecule has 0 fully saturated rings. The van der Waals surface area contributed by atoms with Gasteiger partial charge in [-0.1, -0.05) is 12.1 Å². The molecule has 3 nitrogen and oxygen atoms in total. The Balaban J connectivity index is 1.99. The van der Waals surface area contributed by atoms with Crippen molar-refractivity contribution in [2.24, 2.45) is 12.8 Å². The fourth-order valence-electron chi connectivity index (χ4n) is 1.81. The van der Waals surface area contributed by atoms with E-state index >= 15 is 0 Å². The molecule has 0 saturated carbocycles. The van der Waals surface area contributed by atoms with Crippen molar-refractivity contribution in [2.75, 3.05) is 0 Å². The summed E-state index contributed by atoms with van der Waals surface area (Å²) in [6.07, 6.45) is 3.70. The molecule has 0 bridgehead atoms. The molecule has 0 radical (unpaired) electrons. The first-order valence-electron chi connectivity index (χ1n) is 5.64. The van der Waals surface area contributed by atoms with E-state index in [1.54, 1.807) is 0 Å². The summed E-state index contributed by atoms with van der Waals surface area (Å²) < 4.78 is 14.7. The Bertz CT molecular complexity index is 488. The van der Waals surface area contributed by atoms with Crippen LogP contribution in [0.2, 0.25) is 0 Å². The molecular weight excluding hydrogens is 217 g/mol. The number of halogens is 1. The average Bonchev–Trinajstić information content (AvgIpc) is 2.69. The molecule has 0 aliphatic heterocycles. The number of rotatable bonds is 4. The third kappa shape index (κ3) is 2.91. The van der Waals surface area contributed by atoms with E-state index in [1.165, 1.54) is 12.1 Å². The Morgan fingerprint density at radius 3 is 2.53 bits per heavy atom. The minimum absolute atomic E-state index is 0.197. The normalized spacial score (nSPS) is 10.8. The zero-order valence-electron chi connectivity index (χ0n) is 9.86. The average molecular weight is 233 g/mol. The highest BCUT2D eigenvalue weighted by atomic mass is 19.1. The molecule has 0 amide bonds. The Kier molecular flexibility index (Phi) is 3.54. The highest BCUT2D eigenvalue weighted by Gasteiger charge is 2.03. The fourth-order valence-corrected chi connectivity index (χ4v) is 1.81. The molecule has 4 heteroatoms. The van der Waals surface area contributed by atoms with Gasteiger partial charge < -0.3 is 10.3 Å². The first kappa shape index (κ1) is 11.8. The number of aromatic nitrogens is 2. The summed E-state index contributed by atoms with van der Waals surface area (Å²) in [5.41, 5.74) is 7.71. The second-order valence-electron chi connectivity index (χ2n) is 4.09. The van der Waals surface area contributed by atoms with Crippen LogP contribution in [-0.4, -0.2) is 9.55 Å². The minimum Gasteiger partial charge on any atom is -0.337 e. The molecule has 0 spiro atoms. The fraction of sp³-hybridized carbons (Fsp3) is 0.308. The molecule has 2 N–H and O–H groups in total. The van der Waals surface area contributed by atoms with Gasteiger partial charge in [-0.3, -0.25) is 0 Å². The second kappa shape index (κ2) is 5.10. The summed E-state index contributed by atoms with van der Waals surface area (Å²) in [7, 11) is 1.94. The van der Waals surface area contributed by atoms with Crippen LogP contribution < -0.4 is 5.73 Å². The van der Waals surface area contributed by atoms with E-state index in [9.17, 15) is 4.39 Å². The highest BCUT2D eigenvalue weighted by Crippen LogP contribution is 2.08. The first-order chi connectivity index (χ1) is 8.19. The summed E-state index contributed by atoms with van der Waals surface area (Å²) in [4.78, 5) is 4.42. The van der Waals surface area contributed by atoms with Gasteiger partial charge in [0.05, 0.1) is 12.2 Å². The molecule has 0 saturated heterocycles. The van der Waals surface area contributed by atoms with Gasteiger partial charge in [0, 0.05) is 13.2 Å². The summed E-state index contributed by atoms with van der Waals surface area (Å²) in [5, 5.41) is 0. The quantitative estimate of drug-likeness (QED) is 0.875. The molecule has 2 rings (SSSR count). The van der Waals surface area contributed by atoms with Crippen LogP contribution in [0, 0.1) is 5.82 Å². The van der Waals surface area contributed by atoms with Gasteiger partial charge in [-0.2, -0.15) is 0 Å². The smallest absolute Gasteiger partial charge is 0.123 e. The molecule has 0 aliphatic carbocycles. The maximum Gasteiger partial charge on any atom is 0.123 e. The van der Waals surface area contributed by atoms with Crippen molar-refractivity contribution in [3.05, 3.63) is 53.4 Å². The van der Waals surface area contributed by atoms with E-state index in [0.717, 1.165) is 29.9 Å². The number of aryl methyl sites for hydroxylation is 3. The van der Waals surface area contributed by atoms with Crippen molar-refractivity contribution in [3.8, 4) is 0 Å². The molecule has 0 aliphatic rings.